The lowest BCUT2D eigenvalue weighted by molar-refractivity contribution is -0.122. The summed E-state index contributed by atoms with van der Waals surface area (Å²) >= 11 is 6.23. The average molecular weight is 463 g/mol. The number of nitrogens with zero attached hydrogens (tertiary/aromatic N) is 1. The highest BCUT2D eigenvalue weighted by atomic mass is 35.5. The van der Waals surface area contributed by atoms with Crippen molar-refractivity contribution in [1.82, 2.24) is 0 Å². The highest BCUT2D eigenvalue weighted by molar-refractivity contribution is 6.33. The van der Waals surface area contributed by atoms with Gasteiger partial charge in [-0.1, -0.05) is 49.7 Å². The molecule has 3 aromatic rings. The van der Waals surface area contributed by atoms with E-state index in [9.17, 15) is 9.59 Å². The van der Waals surface area contributed by atoms with E-state index in [1.807, 2.05) is 37.3 Å². The van der Waals surface area contributed by atoms with Crippen molar-refractivity contribution in [2.75, 3.05) is 16.8 Å². The highest BCUT2D eigenvalue weighted by Gasteiger charge is 2.35. The number of carbonyl (C=O) groups excluding carboxylic acids is 2. The molecule has 170 valence electrons. The Morgan fingerprint density at radius 2 is 1.82 bits per heavy atom. The lowest BCUT2D eigenvalue weighted by atomic mass is 10.0. The van der Waals surface area contributed by atoms with Crippen LogP contribution in [0.25, 0.3) is 0 Å². The maximum atomic E-state index is 12.8. The molecule has 0 aliphatic carbocycles. The molecule has 2 amide bonds. The fourth-order valence-corrected chi connectivity index (χ4v) is 4.21. The number of anilines is 2. The van der Waals surface area contributed by atoms with Gasteiger partial charge in [-0.05, 0) is 66.4 Å². The van der Waals surface area contributed by atoms with E-state index in [1.165, 1.54) is 0 Å². The Morgan fingerprint density at radius 1 is 1.09 bits per heavy atom. The molecule has 1 saturated heterocycles. The minimum atomic E-state index is -0.439. The SMILES string of the molecule is Cc1ccc(C(C)C)c(Oc2ccc(NC(=O)[C@@H]3CC(=O)N(c4ccccc4Cl)C3)cc2)c1. The monoisotopic (exact) mass is 462 g/mol. The van der Waals surface area contributed by atoms with E-state index in [2.05, 4.69) is 31.3 Å². The Balaban J connectivity index is 1.41. The van der Waals surface area contributed by atoms with Crippen LogP contribution in [0, 0.1) is 12.8 Å². The number of para-hydroxylation sites is 1. The fraction of sp³-hybridized carbons (Fsp3) is 0.259. The first-order chi connectivity index (χ1) is 15.8. The Labute approximate surface area is 199 Å². The molecular formula is C27H27ClN2O3. The summed E-state index contributed by atoms with van der Waals surface area (Å²) in [6, 6.07) is 20.7. The number of nitrogens with one attached hydrogen (secondary N) is 1. The number of ether oxygens (including phenoxy) is 1. The molecule has 4 rings (SSSR count). The molecule has 1 N–H and O–H groups in total. The van der Waals surface area contributed by atoms with Crippen molar-refractivity contribution >= 4 is 34.8 Å². The van der Waals surface area contributed by atoms with E-state index in [0.29, 0.717) is 34.6 Å². The van der Waals surface area contributed by atoms with E-state index in [-0.39, 0.29) is 18.2 Å². The Morgan fingerprint density at radius 3 is 2.52 bits per heavy atom. The van der Waals surface area contributed by atoms with E-state index in [0.717, 1.165) is 16.9 Å². The summed E-state index contributed by atoms with van der Waals surface area (Å²) in [5.74, 6) is 1.15. The summed E-state index contributed by atoms with van der Waals surface area (Å²) in [4.78, 5) is 26.9. The van der Waals surface area contributed by atoms with Gasteiger partial charge in [0.1, 0.15) is 11.5 Å². The van der Waals surface area contributed by atoms with Crippen LogP contribution in [0.4, 0.5) is 11.4 Å². The second-order valence-electron chi connectivity index (χ2n) is 8.67. The number of carbonyl (C=O) groups is 2. The zero-order valence-electron chi connectivity index (χ0n) is 19.0. The van der Waals surface area contributed by atoms with Crippen molar-refractivity contribution in [1.29, 1.82) is 0 Å². The van der Waals surface area contributed by atoms with Crippen molar-refractivity contribution in [2.45, 2.75) is 33.1 Å². The van der Waals surface area contributed by atoms with Crippen LogP contribution in [0.1, 0.15) is 37.3 Å². The Kier molecular flexibility index (Phi) is 6.70. The maximum Gasteiger partial charge on any atom is 0.229 e. The molecule has 1 atom stereocenters. The number of hydrogen-bond donors (Lipinski definition) is 1. The molecule has 0 radical (unpaired) electrons. The molecule has 33 heavy (non-hydrogen) atoms. The fourth-order valence-electron chi connectivity index (χ4n) is 3.97. The van der Waals surface area contributed by atoms with E-state index in [4.69, 9.17) is 16.3 Å². The Hall–Kier alpha value is -3.31. The van der Waals surface area contributed by atoms with Crippen LogP contribution in [-0.4, -0.2) is 18.4 Å². The quantitative estimate of drug-likeness (QED) is 0.451. The van der Waals surface area contributed by atoms with Crippen molar-refractivity contribution in [3.8, 4) is 11.5 Å². The third-order valence-corrected chi connectivity index (χ3v) is 6.10. The molecule has 0 saturated carbocycles. The summed E-state index contributed by atoms with van der Waals surface area (Å²) in [6.07, 6.45) is 0.156. The van der Waals surface area contributed by atoms with Gasteiger partial charge in [0.05, 0.1) is 16.6 Å². The van der Waals surface area contributed by atoms with Crippen LogP contribution in [-0.2, 0) is 9.59 Å². The third-order valence-electron chi connectivity index (χ3n) is 5.78. The first-order valence-electron chi connectivity index (χ1n) is 11.1. The molecule has 6 heteroatoms. The van der Waals surface area contributed by atoms with Gasteiger partial charge in [0.2, 0.25) is 11.8 Å². The van der Waals surface area contributed by atoms with Crippen LogP contribution in [0.5, 0.6) is 11.5 Å². The predicted molar refractivity (Wildman–Crippen MR) is 132 cm³/mol. The van der Waals surface area contributed by atoms with Gasteiger partial charge in [-0.3, -0.25) is 9.59 Å². The number of benzene rings is 3. The van der Waals surface area contributed by atoms with Crippen molar-refractivity contribution in [3.63, 3.8) is 0 Å². The van der Waals surface area contributed by atoms with Crippen molar-refractivity contribution in [2.24, 2.45) is 5.92 Å². The van der Waals surface area contributed by atoms with Crippen LogP contribution >= 0.6 is 11.6 Å². The van der Waals surface area contributed by atoms with Gasteiger partial charge < -0.3 is 15.0 Å². The molecule has 1 fully saturated rings. The van der Waals surface area contributed by atoms with Crippen LogP contribution < -0.4 is 15.0 Å². The van der Waals surface area contributed by atoms with Gasteiger partial charge in [0.15, 0.2) is 0 Å². The minimum Gasteiger partial charge on any atom is -0.457 e. The lowest BCUT2D eigenvalue weighted by Crippen LogP contribution is -2.28. The molecule has 0 aromatic heterocycles. The lowest BCUT2D eigenvalue weighted by Gasteiger charge is -2.18. The number of rotatable bonds is 6. The maximum absolute atomic E-state index is 12.8. The van der Waals surface area contributed by atoms with E-state index < -0.39 is 5.92 Å². The standard InChI is InChI=1S/C27H27ClN2O3/c1-17(2)22-13-8-18(3)14-25(22)33-21-11-9-20(10-12-21)29-27(32)19-15-26(31)30(16-19)24-7-5-4-6-23(24)28/h4-14,17,19H,15-16H2,1-3H3,(H,29,32)/t19-/m1/s1. The molecule has 1 aliphatic rings. The second-order valence-corrected chi connectivity index (χ2v) is 9.08. The van der Waals surface area contributed by atoms with Crippen LogP contribution in [0.3, 0.4) is 0 Å². The molecule has 0 spiro atoms. The highest BCUT2D eigenvalue weighted by Crippen LogP contribution is 2.33. The largest absolute Gasteiger partial charge is 0.457 e. The van der Waals surface area contributed by atoms with Gasteiger partial charge in [0, 0.05) is 18.7 Å². The van der Waals surface area contributed by atoms with Gasteiger partial charge in [-0.2, -0.15) is 0 Å². The zero-order chi connectivity index (χ0) is 23.5. The summed E-state index contributed by atoms with van der Waals surface area (Å²) in [5, 5.41) is 3.41. The molecule has 3 aromatic carbocycles. The summed E-state index contributed by atoms with van der Waals surface area (Å²) < 4.78 is 6.12. The van der Waals surface area contributed by atoms with Gasteiger partial charge >= 0.3 is 0 Å². The topological polar surface area (TPSA) is 58.6 Å². The normalized spacial score (nSPS) is 15.7. The van der Waals surface area contributed by atoms with Gasteiger partial charge in [-0.25, -0.2) is 0 Å². The second kappa shape index (κ2) is 9.67. The molecule has 0 unspecified atom stereocenters. The first kappa shape index (κ1) is 22.9. The number of halogens is 1. The van der Waals surface area contributed by atoms with Crippen LogP contribution in [0.2, 0.25) is 5.02 Å². The molecular weight excluding hydrogens is 436 g/mol. The van der Waals surface area contributed by atoms with Crippen molar-refractivity contribution in [3.05, 3.63) is 82.9 Å². The molecule has 1 aliphatic heterocycles. The van der Waals surface area contributed by atoms with Crippen LogP contribution in [0.15, 0.2) is 66.7 Å². The molecule has 0 bridgehead atoms. The molecule has 5 nitrogen and oxygen atoms in total. The third kappa shape index (κ3) is 5.20. The number of amides is 2. The van der Waals surface area contributed by atoms with Crippen molar-refractivity contribution < 1.29 is 14.3 Å². The predicted octanol–water partition coefficient (Wildman–Crippen LogP) is 6.56. The van der Waals surface area contributed by atoms with Gasteiger partial charge in [0.25, 0.3) is 0 Å². The zero-order valence-corrected chi connectivity index (χ0v) is 19.7. The van der Waals surface area contributed by atoms with E-state index in [1.54, 1.807) is 29.2 Å². The number of aryl methyl sites for hydroxylation is 1. The average Bonchev–Trinajstić information content (AvgIpc) is 3.17. The number of hydrogen-bond acceptors (Lipinski definition) is 3. The smallest absolute Gasteiger partial charge is 0.229 e. The summed E-state index contributed by atoms with van der Waals surface area (Å²) in [6.45, 7) is 6.62. The Bertz CT molecular complexity index is 1170. The summed E-state index contributed by atoms with van der Waals surface area (Å²) in [5.41, 5.74) is 3.57. The van der Waals surface area contributed by atoms with E-state index >= 15 is 0 Å². The summed E-state index contributed by atoms with van der Waals surface area (Å²) in [7, 11) is 0. The van der Waals surface area contributed by atoms with Gasteiger partial charge in [-0.15, -0.1) is 0 Å². The molecule has 1 heterocycles. The first-order valence-corrected chi connectivity index (χ1v) is 11.4. The minimum absolute atomic E-state index is 0.105.